The molecule has 0 atom stereocenters. The number of nitrogens with two attached hydrogens (primary N) is 1. The van der Waals surface area contributed by atoms with Gasteiger partial charge in [-0.3, -0.25) is 19.0 Å². The number of benzene rings is 1. The van der Waals surface area contributed by atoms with Crippen LogP contribution in [0.1, 0.15) is 38.9 Å². The summed E-state index contributed by atoms with van der Waals surface area (Å²) in [6.45, 7) is 2.20. The van der Waals surface area contributed by atoms with E-state index in [2.05, 4.69) is 0 Å². The highest BCUT2D eigenvalue weighted by Gasteiger charge is 2.31. The molecule has 0 saturated carbocycles. The van der Waals surface area contributed by atoms with Crippen LogP contribution >= 0.6 is 0 Å². The van der Waals surface area contributed by atoms with Gasteiger partial charge in [-0.1, -0.05) is 6.07 Å². The molecule has 1 aromatic carbocycles. The minimum absolute atomic E-state index is 0.184. The summed E-state index contributed by atoms with van der Waals surface area (Å²) in [4.78, 5) is 47.7. The third-order valence-electron chi connectivity index (χ3n) is 3.90. The monoisotopic (exact) mass is 397 g/mol. The van der Waals surface area contributed by atoms with Crippen molar-refractivity contribution in [3.8, 4) is 5.69 Å². The lowest BCUT2D eigenvalue weighted by atomic mass is 10.1. The number of aromatic carboxylic acids is 1. The Morgan fingerprint density at radius 2 is 1.75 bits per heavy atom. The molecule has 3 N–H and O–H groups in total. The third-order valence-corrected chi connectivity index (χ3v) is 3.90. The topological polar surface area (TPSA) is 123 Å². The van der Waals surface area contributed by atoms with Crippen molar-refractivity contribution in [1.82, 2.24) is 9.58 Å². The van der Waals surface area contributed by atoms with E-state index in [0.717, 1.165) is 31.2 Å². The molecule has 0 aliphatic rings. The molecule has 1 heterocycles. The van der Waals surface area contributed by atoms with Gasteiger partial charge in [0, 0.05) is 18.3 Å². The van der Waals surface area contributed by atoms with Crippen molar-refractivity contribution in [3.05, 3.63) is 63.1 Å². The number of carboxylic acids is 1. The van der Waals surface area contributed by atoms with E-state index in [-0.39, 0.29) is 16.4 Å². The molecule has 0 saturated heterocycles. The first kappa shape index (κ1) is 20.8. The van der Waals surface area contributed by atoms with Crippen molar-refractivity contribution >= 4 is 17.8 Å². The van der Waals surface area contributed by atoms with Gasteiger partial charge >= 0.3 is 12.1 Å². The van der Waals surface area contributed by atoms with Gasteiger partial charge < -0.3 is 5.11 Å². The third kappa shape index (κ3) is 3.78. The number of halogens is 3. The number of aromatic nitrogens is 1. The summed E-state index contributed by atoms with van der Waals surface area (Å²) in [7, 11) is 0. The van der Waals surface area contributed by atoms with Gasteiger partial charge in [0.25, 0.3) is 11.5 Å². The lowest BCUT2D eigenvalue weighted by molar-refractivity contribution is -0.137. The molecule has 8 nitrogen and oxygen atoms in total. The molecule has 0 bridgehead atoms. The predicted octanol–water partition coefficient (Wildman–Crippen LogP) is 1.73. The highest BCUT2D eigenvalue weighted by atomic mass is 19.4. The molecule has 0 spiro atoms. The molecule has 148 valence electrons. The highest BCUT2D eigenvalue weighted by molar-refractivity contribution is 6.05. The number of carbonyl (C=O) groups is 3. The maximum Gasteiger partial charge on any atom is 0.416 e. The van der Waals surface area contributed by atoms with Crippen molar-refractivity contribution in [3.63, 3.8) is 0 Å². The molecular weight excluding hydrogens is 383 g/mol. The van der Waals surface area contributed by atoms with Crippen LogP contribution in [0, 0.1) is 6.92 Å². The molecule has 2 rings (SSSR count). The zero-order valence-corrected chi connectivity index (χ0v) is 14.6. The van der Waals surface area contributed by atoms with Crippen molar-refractivity contribution < 1.29 is 32.7 Å². The second kappa shape index (κ2) is 7.27. The van der Waals surface area contributed by atoms with Gasteiger partial charge in [0.2, 0.25) is 5.91 Å². The normalized spacial score (nSPS) is 11.2. The second-order valence-electron chi connectivity index (χ2n) is 5.75. The molecule has 0 radical (unpaired) electrons. The number of rotatable bonds is 3. The van der Waals surface area contributed by atoms with Gasteiger partial charge in [0.15, 0.2) is 0 Å². The number of hydrogen-bond donors (Lipinski definition) is 2. The fourth-order valence-electron chi connectivity index (χ4n) is 2.48. The molecule has 0 unspecified atom stereocenters. The van der Waals surface area contributed by atoms with E-state index in [1.54, 1.807) is 0 Å². The van der Waals surface area contributed by atoms with Gasteiger partial charge in [0.1, 0.15) is 5.56 Å². The fraction of sp³-hybridized carbons (Fsp3) is 0.176. The fourth-order valence-corrected chi connectivity index (χ4v) is 2.48. The summed E-state index contributed by atoms with van der Waals surface area (Å²) in [5, 5.41) is 9.45. The molecule has 28 heavy (non-hydrogen) atoms. The first-order valence-electron chi connectivity index (χ1n) is 7.63. The van der Waals surface area contributed by atoms with Crippen molar-refractivity contribution in [2.45, 2.75) is 20.0 Å². The largest absolute Gasteiger partial charge is 0.477 e. The summed E-state index contributed by atoms with van der Waals surface area (Å²) < 4.78 is 39.6. The SMILES string of the molecule is CC(=O)N(N)C(=O)c1cc(C(=O)O)c(=O)n(-c2cccc(C(F)(F)F)c2)c1C. The van der Waals surface area contributed by atoms with Crippen LogP contribution in [0.4, 0.5) is 13.2 Å². The minimum atomic E-state index is -4.71. The molecule has 2 amide bonds. The summed E-state index contributed by atoms with van der Waals surface area (Å²) in [6.07, 6.45) is -4.71. The van der Waals surface area contributed by atoms with Crippen molar-refractivity contribution in [2.75, 3.05) is 0 Å². The summed E-state index contributed by atoms with van der Waals surface area (Å²) >= 11 is 0. The zero-order chi connectivity index (χ0) is 21.4. The Balaban J connectivity index is 2.85. The highest BCUT2D eigenvalue weighted by Crippen LogP contribution is 2.30. The predicted molar refractivity (Wildman–Crippen MR) is 89.8 cm³/mol. The zero-order valence-electron chi connectivity index (χ0n) is 14.6. The van der Waals surface area contributed by atoms with E-state index in [1.165, 1.54) is 6.92 Å². The van der Waals surface area contributed by atoms with Crippen LogP contribution in [0.5, 0.6) is 0 Å². The maximum absolute atomic E-state index is 13.0. The number of amides is 2. The molecule has 0 aliphatic heterocycles. The van der Waals surface area contributed by atoms with E-state index in [0.29, 0.717) is 10.6 Å². The van der Waals surface area contributed by atoms with Crippen LogP contribution in [-0.4, -0.2) is 32.5 Å². The van der Waals surface area contributed by atoms with Crippen LogP contribution < -0.4 is 11.4 Å². The van der Waals surface area contributed by atoms with Crippen LogP contribution in [0.2, 0.25) is 0 Å². The summed E-state index contributed by atoms with van der Waals surface area (Å²) in [6, 6.07) is 4.32. The Kier molecular flexibility index (Phi) is 5.41. The van der Waals surface area contributed by atoms with Crippen molar-refractivity contribution in [2.24, 2.45) is 5.84 Å². The Labute approximate surface area is 155 Å². The van der Waals surface area contributed by atoms with E-state index >= 15 is 0 Å². The standard InChI is InChI=1S/C17H14F3N3O5/c1-8-12(15(26)23(21)9(2)24)7-13(16(27)28)14(25)22(8)11-5-3-4-10(6-11)17(18,19)20/h3-7H,21H2,1-2H3,(H,27,28). The Morgan fingerprint density at radius 3 is 2.25 bits per heavy atom. The van der Waals surface area contributed by atoms with Crippen LogP contribution in [-0.2, 0) is 11.0 Å². The quantitative estimate of drug-likeness (QED) is 0.462. The number of carboxylic acid groups (broad SMARTS) is 1. The molecule has 1 aromatic heterocycles. The molecule has 0 aliphatic carbocycles. The second-order valence-corrected chi connectivity index (χ2v) is 5.75. The average Bonchev–Trinajstić information content (AvgIpc) is 2.60. The van der Waals surface area contributed by atoms with E-state index in [4.69, 9.17) is 5.84 Å². The molecular formula is C17H14F3N3O5. The van der Waals surface area contributed by atoms with Crippen molar-refractivity contribution in [1.29, 1.82) is 0 Å². The smallest absolute Gasteiger partial charge is 0.416 e. The first-order chi connectivity index (χ1) is 12.9. The molecule has 2 aromatic rings. The Hall–Kier alpha value is -3.47. The van der Waals surface area contributed by atoms with E-state index in [9.17, 15) is 37.5 Å². The Bertz CT molecular complexity index is 1040. The van der Waals surface area contributed by atoms with Crippen LogP contribution in [0.3, 0.4) is 0 Å². The number of imide groups is 1. The van der Waals surface area contributed by atoms with Crippen LogP contribution in [0.15, 0.2) is 35.1 Å². The number of nitrogens with zero attached hydrogens (tertiary/aromatic N) is 2. The van der Waals surface area contributed by atoms with Gasteiger partial charge in [0.05, 0.1) is 11.1 Å². The summed E-state index contributed by atoms with van der Waals surface area (Å²) in [5.74, 6) is 1.66. The molecule has 11 heteroatoms. The number of pyridine rings is 1. The number of alkyl halides is 3. The van der Waals surface area contributed by atoms with Gasteiger partial charge in [-0.25, -0.2) is 15.6 Å². The Morgan fingerprint density at radius 1 is 1.14 bits per heavy atom. The molecule has 0 fully saturated rings. The number of hydrazine groups is 1. The van der Waals surface area contributed by atoms with Gasteiger partial charge in [-0.05, 0) is 31.2 Å². The van der Waals surface area contributed by atoms with Gasteiger partial charge in [-0.2, -0.15) is 13.2 Å². The number of carbonyl (C=O) groups excluding carboxylic acids is 2. The minimum Gasteiger partial charge on any atom is -0.477 e. The lowest BCUT2D eigenvalue weighted by Gasteiger charge is -2.19. The lowest BCUT2D eigenvalue weighted by Crippen LogP contribution is -2.42. The average molecular weight is 397 g/mol. The first-order valence-corrected chi connectivity index (χ1v) is 7.63. The maximum atomic E-state index is 13.0. The van der Waals surface area contributed by atoms with E-state index < -0.39 is 46.2 Å². The summed E-state index contributed by atoms with van der Waals surface area (Å²) in [5.41, 5.74) is -4.01. The number of hydrogen-bond acceptors (Lipinski definition) is 5. The van der Waals surface area contributed by atoms with E-state index in [1.807, 2.05) is 0 Å². The van der Waals surface area contributed by atoms with Gasteiger partial charge in [-0.15, -0.1) is 0 Å². The van der Waals surface area contributed by atoms with Crippen LogP contribution in [0.25, 0.3) is 5.69 Å².